The number of pyridine rings is 2. The van der Waals surface area contributed by atoms with E-state index < -0.39 is 40.7 Å². The van der Waals surface area contributed by atoms with Crippen LogP contribution in [0.5, 0.6) is 5.88 Å². The Morgan fingerprint density at radius 2 is 1.97 bits per heavy atom. The number of carbonyl (C=O) groups excluding carboxylic acids is 1. The molecule has 0 radical (unpaired) electrons. The molecule has 2 unspecified atom stereocenters. The van der Waals surface area contributed by atoms with Gasteiger partial charge in [-0.3, -0.25) is 4.98 Å². The van der Waals surface area contributed by atoms with Crippen LogP contribution in [0.4, 0.5) is 9.18 Å². The van der Waals surface area contributed by atoms with Crippen LogP contribution in [0.25, 0.3) is 11.0 Å². The lowest BCUT2D eigenvalue weighted by Crippen LogP contribution is -2.66. The predicted molar refractivity (Wildman–Crippen MR) is 120 cm³/mol. The third kappa shape index (κ3) is 4.48. The van der Waals surface area contributed by atoms with Crippen LogP contribution in [0.3, 0.4) is 0 Å². The summed E-state index contributed by atoms with van der Waals surface area (Å²) >= 11 is 0. The fraction of sp³-hybridized carbons (Fsp3) is 0.625. The Labute approximate surface area is 192 Å². The maximum absolute atomic E-state index is 15.0. The molecule has 2 bridgehead atoms. The van der Waals surface area contributed by atoms with E-state index in [1.807, 2.05) is 20.8 Å². The Bertz CT molecular complexity index is 1030. The number of nitrogens with zero attached hydrogens (tertiary/aromatic N) is 2. The number of alkyl carbamates (subject to hydrolysis) is 1. The summed E-state index contributed by atoms with van der Waals surface area (Å²) < 4.78 is 31.8. The van der Waals surface area contributed by atoms with Gasteiger partial charge in [0.2, 0.25) is 5.88 Å². The van der Waals surface area contributed by atoms with Crippen molar-refractivity contribution in [1.29, 1.82) is 0 Å². The summed E-state index contributed by atoms with van der Waals surface area (Å²) in [6, 6.07) is 3.38. The molecule has 0 aromatic carbocycles. The topological polar surface area (TPSA) is 103 Å². The fourth-order valence-electron chi connectivity index (χ4n) is 4.99. The lowest BCUT2D eigenvalue weighted by molar-refractivity contribution is -0.211. The molecule has 1 amide bonds. The highest BCUT2D eigenvalue weighted by Crippen LogP contribution is 2.48. The quantitative estimate of drug-likeness (QED) is 0.697. The Morgan fingerprint density at radius 3 is 2.55 bits per heavy atom. The molecule has 9 heteroatoms. The first-order valence-corrected chi connectivity index (χ1v) is 11.3. The summed E-state index contributed by atoms with van der Waals surface area (Å²) in [7, 11) is 1.49. The van der Waals surface area contributed by atoms with Gasteiger partial charge in [-0.05, 0) is 52.5 Å². The van der Waals surface area contributed by atoms with Crippen molar-refractivity contribution >= 4 is 17.1 Å². The lowest BCUT2D eigenvalue weighted by Gasteiger charge is -2.55. The average molecular weight is 462 g/mol. The van der Waals surface area contributed by atoms with E-state index in [-0.39, 0.29) is 6.61 Å². The highest BCUT2D eigenvalue weighted by Gasteiger charge is 2.55. The number of aliphatic hydroxyl groups is 1. The van der Waals surface area contributed by atoms with Crippen LogP contribution in [-0.2, 0) is 9.47 Å². The number of nitrogens with one attached hydrogen (secondary N) is 1. The van der Waals surface area contributed by atoms with Crippen LogP contribution >= 0.6 is 0 Å². The second kappa shape index (κ2) is 8.36. The van der Waals surface area contributed by atoms with E-state index in [2.05, 4.69) is 15.3 Å². The van der Waals surface area contributed by atoms with Crippen LogP contribution < -0.4 is 10.1 Å². The highest BCUT2D eigenvalue weighted by molar-refractivity contribution is 5.79. The number of carbonyl (C=O) groups is 1. The highest BCUT2D eigenvalue weighted by atomic mass is 19.1. The van der Waals surface area contributed by atoms with Gasteiger partial charge in [-0.1, -0.05) is 6.92 Å². The number of ether oxygens (including phenoxy) is 3. The second-order valence-electron chi connectivity index (χ2n) is 10.2. The first-order chi connectivity index (χ1) is 15.5. The van der Waals surface area contributed by atoms with Gasteiger partial charge in [-0.25, -0.2) is 14.2 Å². The molecule has 2 atom stereocenters. The van der Waals surface area contributed by atoms with Crippen LogP contribution in [0, 0.1) is 5.82 Å². The molecular weight excluding hydrogens is 429 g/mol. The van der Waals surface area contributed by atoms with E-state index in [1.54, 1.807) is 19.1 Å². The minimum Gasteiger partial charge on any atom is -0.481 e. The fourth-order valence-corrected chi connectivity index (χ4v) is 4.99. The number of fused-ring (bicyclic) bond motifs is 4. The predicted octanol–water partition coefficient (Wildman–Crippen LogP) is 3.85. The third-order valence-corrected chi connectivity index (χ3v) is 6.81. The molecule has 2 N–H and O–H groups in total. The van der Waals surface area contributed by atoms with E-state index >= 15 is 0 Å². The van der Waals surface area contributed by atoms with Crippen molar-refractivity contribution in [2.75, 3.05) is 13.7 Å². The molecule has 3 aliphatic rings. The van der Waals surface area contributed by atoms with E-state index in [4.69, 9.17) is 14.2 Å². The second-order valence-corrected chi connectivity index (χ2v) is 10.2. The van der Waals surface area contributed by atoms with Gasteiger partial charge >= 0.3 is 6.09 Å². The lowest BCUT2D eigenvalue weighted by atomic mass is 9.66. The van der Waals surface area contributed by atoms with Gasteiger partial charge in [0.1, 0.15) is 11.4 Å². The molecule has 2 aromatic rings. The zero-order valence-electron chi connectivity index (χ0n) is 19.8. The molecule has 0 spiro atoms. The first kappa shape index (κ1) is 23.6. The molecule has 3 fully saturated rings. The van der Waals surface area contributed by atoms with Crippen molar-refractivity contribution in [3.8, 4) is 5.88 Å². The van der Waals surface area contributed by atoms with Crippen molar-refractivity contribution in [3.05, 3.63) is 29.7 Å². The molecule has 4 heterocycles. The van der Waals surface area contributed by atoms with Crippen molar-refractivity contribution in [3.63, 3.8) is 0 Å². The minimum absolute atomic E-state index is 0.266. The van der Waals surface area contributed by atoms with Gasteiger partial charge in [0.15, 0.2) is 0 Å². The van der Waals surface area contributed by atoms with Crippen molar-refractivity contribution in [1.82, 2.24) is 15.3 Å². The summed E-state index contributed by atoms with van der Waals surface area (Å²) in [6.07, 6.45) is 2.07. The van der Waals surface area contributed by atoms with E-state index in [0.29, 0.717) is 48.2 Å². The average Bonchev–Trinajstić information content (AvgIpc) is 2.77. The van der Waals surface area contributed by atoms with Crippen LogP contribution in [0.15, 0.2) is 18.3 Å². The van der Waals surface area contributed by atoms with Crippen LogP contribution in [0.2, 0.25) is 0 Å². The van der Waals surface area contributed by atoms with Crippen LogP contribution in [0.1, 0.15) is 64.9 Å². The van der Waals surface area contributed by atoms with Crippen molar-refractivity contribution in [2.24, 2.45) is 0 Å². The van der Waals surface area contributed by atoms with Crippen LogP contribution in [-0.4, -0.2) is 57.7 Å². The summed E-state index contributed by atoms with van der Waals surface area (Å²) in [5, 5.41) is 14.4. The van der Waals surface area contributed by atoms with Gasteiger partial charge in [0.05, 0.1) is 48.2 Å². The van der Waals surface area contributed by atoms with Gasteiger partial charge < -0.3 is 24.6 Å². The van der Waals surface area contributed by atoms with Gasteiger partial charge in [0.25, 0.3) is 0 Å². The molecule has 8 nitrogen and oxygen atoms in total. The molecule has 2 aromatic heterocycles. The van der Waals surface area contributed by atoms with Gasteiger partial charge in [-0.15, -0.1) is 0 Å². The van der Waals surface area contributed by atoms with Crippen molar-refractivity contribution < 1.29 is 28.5 Å². The number of aromatic nitrogens is 2. The molecular formula is C24H32FN3O5. The Hall–Kier alpha value is -2.52. The summed E-state index contributed by atoms with van der Waals surface area (Å²) in [5.74, 6) is -0.779. The smallest absolute Gasteiger partial charge is 0.408 e. The van der Waals surface area contributed by atoms with Gasteiger partial charge in [-0.2, -0.15) is 0 Å². The Balaban J connectivity index is 1.54. The maximum Gasteiger partial charge on any atom is 0.408 e. The van der Waals surface area contributed by atoms with Crippen molar-refractivity contribution in [2.45, 2.75) is 82.1 Å². The molecule has 5 rings (SSSR count). The summed E-state index contributed by atoms with van der Waals surface area (Å²) in [4.78, 5) is 20.8. The number of aliphatic hydroxyl groups excluding tert-OH is 1. The molecule has 1 aliphatic carbocycles. The number of halogens is 1. The summed E-state index contributed by atoms with van der Waals surface area (Å²) in [5.41, 5.74) is -0.746. The Kier molecular flexibility index (Phi) is 5.99. The SMILES string of the molecule is COc1ccc2ncc(F)c(C(C)C(O)C34CCC(NC(=O)OC(C)(C)C)(CC3)CO4)c2n1. The van der Waals surface area contributed by atoms with Gasteiger partial charge in [0, 0.05) is 17.5 Å². The largest absolute Gasteiger partial charge is 0.481 e. The molecule has 2 saturated heterocycles. The normalized spacial score (nSPS) is 26.6. The first-order valence-electron chi connectivity index (χ1n) is 11.3. The Morgan fingerprint density at radius 1 is 1.27 bits per heavy atom. The molecule has 2 aliphatic heterocycles. The standard InChI is InChI=1S/C24H32FN3O5/c1-14(18-15(25)12-26-16-6-7-17(31-5)27-19(16)18)20(29)24-10-8-23(9-11-24,13-32-24)28-21(30)33-22(2,3)4/h6-7,12,14,20,29H,8-11,13H2,1-5H3,(H,28,30). The maximum atomic E-state index is 15.0. The monoisotopic (exact) mass is 461 g/mol. The minimum atomic E-state index is -0.967. The number of hydrogen-bond acceptors (Lipinski definition) is 7. The molecule has 33 heavy (non-hydrogen) atoms. The number of methoxy groups -OCH3 is 1. The zero-order valence-corrected chi connectivity index (χ0v) is 19.8. The summed E-state index contributed by atoms with van der Waals surface area (Å²) in [6.45, 7) is 7.49. The van der Waals surface area contributed by atoms with E-state index in [1.165, 1.54) is 7.11 Å². The number of hydrogen-bond donors (Lipinski definition) is 2. The third-order valence-electron chi connectivity index (χ3n) is 6.81. The van der Waals surface area contributed by atoms with E-state index in [9.17, 15) is 14.3 Å². The molecule has 180 valence electrons. The number of rotatable bonds is 5. The zero-order chi connectivity index (χ0) is 24.0. The van der Waals surface area contributed by atoms with E-state index in [0.717, 1.165) is 6.20 Å². The number of amides is 1. The molecule has 1 saturated carbocycles.